The summed E-state index contributed by atoms with van der Waals surface area (Å²) in [5, 5.41) is 1.54. The van der Waals surface area contributed by atoms with Gasteiger partial charge < -0.3 is 4.90 Å². The summed E-state index contributed by atoms with van der Waals surface area (Å²) < 4.78 is 54.5. The number of carbonyl (C=O) groups is 1. The number of piperazine rings is 1. The van der Waals surface area contributed by atoms with Gasteiger partial charge in [-0.05, 0) is 24.3 Å². The number of rotatable bonds is 3. The van der Waals surface area contributed by atoms with Crippen molar-refractivity contribution in [3.63, 3.8) is 0 Å². The van der Waals surface area contributed by atoms with E-state index in [4.69, 9.17) is 0 Å². The van der Waals surface area contributed by atoms with E-state index in [1.807, 2.05) is 24.3 Å². The molecule has 1 saturated carbocycles. The second-order valence-electron chi connectivity index (χ2n) is 7.84. The number of fused-ring (bicyclic) bond motifs is 1. The van der Waals surface area contributed by atoms with Crippen molar-refractivity contribution in [2.45, 2.75) is 36.5 Å². The van der Waals surface area contributed by atoms with E-state index in [0.29, 0.717) is 5.39 Å². The quantitative estimate of drug-likeness (QED) is 0.761. The highest BCUT2D eigenvalue weighted by Crippen LogP contribution is 2.37. The van der Waals surface area contributed by atoms with E-state index < -0.39 is 15.9 Å². The molecule has 0 unspecified atom stereocenters. The van der Waals surface area contributed by atoms with Gasteiger partial charge in [-0.1, -0.05) is 36.4 Å². The number of hydrogen-bond acceptors (Lipinski definition) is 3. The van der Waals surface area contributed by atoms with Gasteiger partial charge in [0.05, 0.1) is 4.90 Å². The first-order valence-electron chi connectivity index (χ1n) is 9.92. The number of nitrogens with zero attached hydrogens (tertiary/aromatic N) is 2. The number of carbonyl (C=O) groups excluding carboxylic acids is 1. The molecule has 156 valence electrons. The third-order valence-electron chi connectivity index (χ3n) is 5.98. The van der Waals surface area contributed by atoms with Gasteiger partial charge in [0, 0.05) is 50.3 Å². The van der Waals surface area contributed by atoms with Gasteiger partial charge in [0.25, 0.3) is 0 Å². The van der Waals surface area contributed by atoms with E-state index >= 15 is 0 Å². The Kier molecular flexibility index (Phi) is 5.33. The fourth-order valence-corrected chi connectivity index (χ4v) is 5.89. The fraction of sp³-hybridized carbons (Fsp3) is 0.476. The van der Waals surface area contributed by atoms with Crippen LogP contribution in [0.25, 0.3) is 10.8 Å². The molecule has 0 atom stereocenters. The lowest BCUT2D eigenvalue weighted by Gasteiger charge is -2.37. The molecule has 2 aromatic rings. The van der Waals surface area contributed by atoms with Crippen molar-refractivity contribution in [2.75, 3.05) is 26.2 Å². The Labute approximate surface area is 169 Å². The van der Waals surface area contributed by atoms with Crippen LogP contribution >= 0.6 is 0 Å². The molecule has 0 bridgehead atoms. The van der Waals surface area contributed by atoms with E-state index in [9.17, 15) is 22.0 Å². The average Bonchev–Trinajstić information content (AvgIpc) is 2.73. The van der Waals surface area contributed by atoms with E-state index in [1.165, 1.54) is 4.31 Å². The average molecular weight is 422 g/mol. The minimum absolute atomic E-state index is 0.122. The second-order valence-corrected chi connectivity index (χ2v) is 9.74. The van der Waals surface area contributed by atoms with Crippen LogP contribution in [0.4, 0.5) is 8.78 Å². The van der Waals surface area contributed by atoms with Crippen LogP contribution in [-0.4, -0.2) is 55.6 Å². The van der Waals surface area contributed by atoms with Gasteiger partial charge >= 0.3 is 0 Å². The summed E-state index contributed by atoms with van der Waals surface area (Å²) in [6.45, 7) is 0.992. The predicted octanol–water partition coefficient (Wildman–Crippen LogP) is 3.50. The summed E-state index contributed by atoms with van der Waals surface area (Å²) in [6, 6.07) is 12.6. The third-order valence-corrected chi connectivity index (χ3v) is 7.94. The lowest BCUT2D eigenvalue weighted by molar-refractivity contribution is -0.140. The van der Waals surface area contributed by atoms with Gasteiger partial charge in [0.2, 0.25) is 21.9 Å². The lowest BCUT2D eigenvalue weighted by atomic mass is 9.86. The number of alkyl halides is 2. The predicted molar refractivity (Wildman–Crippen MR) is 106 cm³/mol. The molecule has 29 heavy (non-hydrogen) atoms. The normalized spacial score (nSPS) is 21.4. The Balaban J connectivity index is 1.44. The monoisotopic (exact) mass is 422 g/mol. The molecule has 0 N–H and O–H groups in total. The van der Waals surface area contributed by atoms with Crippen molar-refractivity contribution in [3.05, 3.63) is 42.5 Å². The van der Waals surface area contributed by atoms with Crippen molar-refractivity contribution in [1.82, 2.24) is 9.21 Å². The van der Waals surface area contributed by atoms with Crippen LogP contribution in [-0.2, 0) is 14.8 Å². The number of hydrogen-bond donors (Lipinski definition) is 0. The van der Waals surface area contributed by atoms with Crippen molar-refractivity contribution in [1.29, 1.82) is 0 Å². The highest BCUT2D eigenvalue weighted by Gasteiger charge is 2.39. The Morgan fingerprint density at radius 3 is 2.24 bits per heavy atom. The van der Waals surface area contributed by atoms with Crippen LogP contribution in [0.5, 0.6) is 0 Å². The van der Waals surface area contributed by atoms with Gasteiger partial charge in [-0.15, -0.1) is 0 Å². The first kappa shape index (κ1) is 20.2. The maximum atomic E-state index is 13.3. The van der Waals surface area contributed by atoms with E-state index in [-0.39, 0.29) is 68.6 Å². The molecule has 1 amide bonds. The Morgan fingerprint density at radius 2 is 1.55 bits per heavy atom. The molecule has 0 aromatic heterocycles. The Morgan fingerprint density at radius 1 is 0.931 bits per heavy atom. The molecule has 2 aliphatic rings. The molecular formula is C21H24F2N2O3S. The zero-order chi connectivity index (χ0) is 20.6. The van der Waals surface area contributed by atoms with Crippen molar-refractivity contribution in [2.24, 2.45) is 5.92 Å². The zero-order valence-corrected chi connectivity index (χ0v) is 16.9. The molecule has 2 fully saturated rings. The van der Waals surface area contributed by atoms with Crippen LogP contribution in [0.3, 0.4) is 0 Å². The first-order valence-corrected chi connectivity index (χ1v) is 11.4. The Hall–Kier alpha value is -2.06. The third kappa shape index (κ3) is 4.00. The molecule has 1 saturated heterocycles. The van der Waals surface area contributed by atoms with Crippen LogP contribution in [0.15, 0.2) is 47.4 Å². The SMILES string of the molecule is O=C(C1CCC(F)(F)CC1)N1CCN(S(=O)(=O)c2cccc3ccccc23)CC1. The highest BCUT2D eigenvalue weighted by molar-refractivity contribution is 7.89. The summed E-state index contributed by atoms with van der Waals surface area (Å²) in [4.78, 5) is 14.6. The molecule has 4 rings (SSSR count). The smallest absolute Gasteiger partial charge is 0.248 e. The minimum Gasteiger partial charge on any atom is -0.340 e. The van der Waals surface area contributed by atoms with Gasteiger partial charge in [-0.2, -0.15) is 4.31 Å². The second kappa shape index (κ2) is 7.65. The number of benzene rings is 2. The fourth-order valence-electron chi connectivity index (χ4n) is 4.25. The molecule has 0 spiro atoms. The van der Waals surface area contributed by atoms with Crippen LogP contribution in [0.1, 0.15) is 25.7 Å². The summed E-state index contributed by atoms with van der Waals surface area (Å²) in [5.74, 6) is -3.17. The number of sulfonamides is 1. The van der Waals surface area contributed by atoms with Crippen LogP contribution in [0, 0.1) is 5.92 Å². The largest absolute Gasteiger partial charge is 0.340 e. The molecule has 2 aromatic carbocycles. The topological polar surface area (TPSA) is 57.7 Å². The van der Waals surface area contributed by atoms with Gasteiger partial charge in [-0.25, -0.2) is 17.2 Å². The summed E-state index contributed by atoms with van der Waals surface area (Å²) >= 11 is 0. The van der Waals surface area contributed by atoms with E-state index in [1.54, 1.807) is 23.1 Å². The van der Waals surface area contributed by atoms with Crippen molar-refractivity contribution >= 4 is 26.7 Å². The maximum absolute atomic E-state index is 13.3. The van der Waals surface area contributed by atoms with Crippen LogP contribution < -0.4 is 0 Å². The highest BCUT2D eigenvalue weighted by atomic mass is 32.2. The summed E-state index contributed by atoms with van der Waals surface area (Å²) in [7, 11) is -3.68. The van der Waals surface area contributed by atoms with Crippen molar-refractivity contribution < 1.29 is 22.0 Å². The summed E-state index contributed by atoms with van der Waals surface area (Å²) in [5.41, 5.74) is 0. The zero-order valence-electron chi connectivity index (χ0n) is 16.1. The van der Waals surface area contributed by atoms with Gasteiger partial charge in [-0.3, -0.25) is 4.79 Å². The molecule has 1 heterocycles. The number of halogens is 2. The molecular weight excluding hydrogens is 398 g/mol. The van der Waals surface area contributed by atoms with Gasteiger partial charge in [0.15, 0.2) is 0 Å². The van der Waals surface area contributed by atoms with Crippen LogP contribution in [0.2, 0.25) is 0 Å². The standard InChI is InChI=1S/C21H24F2N2O3S/c22-21(23)10-8-17(9-11-21)20(26)24-12-14-25(15-13-24)29(27,28)19-7-3-5-16-4-1-2-6-18(16)19/h1-7,17H,8-15H2. The van der Waals surface area contributed by atoms with Gasteiger partial charge in [0.1, 0.15) is 0 Å². The first-order chi connectivity index (χ1) is 13.8. The number of amides is 1. The van der Waals surface area contributed by atoms with E-state index in [0.717, 1.165) is 5.39 Å². The molecule has 5 nitrogen and oxygen atoms in total. The summed E-state index contributed by atoms with van der Waals surface area (Å²) in [6.07, 6.45) is -0.113. The maximum Gasteiger partial charge on any atom is 0.248 e. The molecule has 1 aliphatic heterocycles. The van der Waals surface area contributed by atoms with E-state index in [2.05, 4.69) is 0 Å². The molecule has 8 heteroatoms. The molecule has 1 aliphatic carbocycles. The minimum atomic E-state index is -3.68. The molecule has 0 radical (unpaired) electrons. The lowest BCUT2D eigenvalue weighted by Crippen LogP contribution is -2.52. The Bertz CT molecular complexity index is 1000. The van der Waals surface area contributed by atoms with Crippen molar-refractivity contribution in [3.8, 4) is 0 Å².